The molecule has 294 valence electrons. The smallest absolute Gasteiger partial charge is 0.271 e. The Hall–Kier alpha value is -4.70. The molecule has 1 aromatic carbocycles. The number of aromatic nitrogens is 2. The Morgan fingerprint density at radius 2 is 1.16 bits per heavy atom. The van der Waals surface area contributed by atoms with E-state index in [4.69, 9.17) is 19.5 Å². The van der Waals surface area contributed by atoms with Crippen molar-refractivity contribution in [3.63, 3.8) is 0 Å². The lowest BCUT2D eigenvalue weighted by Gasteiger charge is -2.24. The lowest BCUT2D eigenvalue weighted by molar-refractivity contribution is -0.125. The van der Waals surface area contributed by atoms with Gasteiger partial charge in [0.2, 0.25) is 23.6 Å². The van der Waals surface area contributed by atoms with E-state index in [0.717, 1.165) is 5.56 Å². The standard InChI is InChI=1S/C39H50N8O6S2/c1-9-20(6)29-37-47-31(22(8)53-37)35(51)44-27(18(2)3)38-41-25(16-54-38)32(48)40-24(15-23-13-11-10-12-14-23)36-46-30(21(7)52-36)34(50)43-28(19(4)5)39-42-26(17-55-39)33(49)45-29/h10-14,16-22,24,27-31H,9,15H2,1-8H3,(H,40,48)(H,43,50)(H,44,51)(H,45,49)/t20?,21-,22-,24+,27-,28-,29+,30+,31+/m1/s1. The number of amides is 4. The van der Waals surface area contributed by atoms with Crippen LogP contribution in [0.2, 0.25) is 0 Å². The van der Waals surface area contributed by atoms with Crippen molar-refractivity contribution in [2.75, 3.05) is 0 Å². The number of rotatable bonds is 6. The molecule has 3 aromatic rings. The van der Waals surface area contributed by atoms with Gasteiger partial charge in [0.05, 0.1) is 12.1 Å². The normalized spacial score (nSPS) is 28.2. The van der Waals surface area contributed by atoms with Crippen molar-refractivity contribution >= 4 is 58.1 Å². The zero-order valence-electron chi connectivity index (χ0n) is 32.4. The molecule has 0 saturated heterocycles. The summed E-state index contributed by atoms with van der Waals surface area (Å²) in [7, 11) is 0. The maximum Gasteiger partial charge on any atom is 0.271 e. The fourth-order valence-corrected chi connectivity index (χ4v) is 8.72. The number of fused-ring (bicyclic) bond motifs is 6. The highest BCUT2D eigenvalue weighted by Crippen LogP contribution is 2.30. The third-order valence-corrected chi connectivity index (χ3v) is 12.0. The Balaban J connectivity index is 1.38. The highest BCUT2D eigenvalue weighted by molar-refractivity contribution is 7.10. The second-order valence-electron chi connectivity index (χ2n) is 15.1. The number of aliphatic imine (C=N–C) groups is 2. The van der Waals surface area contributed by atoms with Gasteiger partial charge in [-0.3, -0.25) is 19.2 Å². The summed E-state index contributed by atoms with van der Waals surface area (Å²) < 4.78 is 12.4. The van der Waals surface area contributed by atoms with Crippen LogP contribution in [-0.2, 0) is 25.5 Å². The maximum absolute atomic E-state index is 13.9. The molecule has 0 radical (unpaired) electrons. The van der Waals surface area contributed by atoms with Gasteiger partial charge in [0.1, 0.15) is 45.7 Å². The summed E-state index contributed by atoms with van der Waals surface area (Å²) >= 11 is 2.56. The average molecular weight is 791 g/mol. The lowest BCUT2D eigenvalue weighted by Crippen LogP contribution is -2.45. The van der Waals surface area contributed by atoms with E-state index in [2.05, 4.69) is 31.2 Å². The second kappa shape index (κ2) is 17.0. The molecule has 55 heavy (non-hydrogen) atoms. The van der Waals surface area contributed by atoms with E-state index in [1.54, 1.807) is 24.6 Å². The first-order chi connectivity index (χ1) is 26.2. The van der Waals surface area contributed by atoms with E-state index in [1.807, 2.05) is 71.9 Å². The monoisotopic (exact) mass is 790 g/mol. The van der Waals surface area contributed by atoms with Gasteiger partial charge in [-0.15, -0.1) is 22.7 Å². The molecule has 0 spiro atoms. The third kappa shape index (κ3) is 8.90. The molecule has 6 rings (SSSR count). The molecule has 16 heteroatoms. The van der Waals surface area contributed by atoms with Crippen LogP contribution in [0.25, 0.3) is 0 Å². The Labute approximate surface area is 329 Å². The van der Waals surface area contributed by atoms with Gasteiger partial charge in [-0.25, -0.2) is 20.0 Å². The molecular weight excluding hydrogens is 741 g/mol. The quantitative estimate of drug-likeness (QED) is 0.275. The van der Waals surface area contributed by atoms with Crippen molar-refractivity contribution in [2.45, 2.75) is 117 Å². The largest absolute Gasteiger partial charge is 0.474 e. The molecule has 9 atom stereocenters. The topological polar surface area (TPSA) is 185 Å². The number of hydrogen-bond donors (Lipinski definition) is 4. The first kappa shape index (κ1) is 40.0. The van der Waals surface area contributed by atoms with Crippen molar-refractivity contribution < 1.29 is 28.7 Å². The first-order valence-corrected chi connectivity index (χ1v) is 20.7. The average Bonchev–Trinajstić information content (AvgIpc) is 3.98. The van der Waals surface area contributed by atoms with E-state index in [1.165, 1.54) is 22.7 Å². The Bertz CT molecular complexity index is 1940. The number of nitrogens with zero attached hydrogens (tertiary/aromatic N) is 4. The maximum atomic E-state index is 13.9. The predicted octanol–water partition coefficient (Wildman–Crippen LogP) is 4.80. The predicted molar refractivity (Wildman–Crippen MR) is 211 cm³/mol. The van der Waals surface area contributed by atoms with Gasteiger partial charge < -0.3 is 30.7 Å². The van der Waals surface area contributed by atoms with Gasteiger partial charge >= 0.3 is 0 Å². The summed E-state index contributed by atoms with van der Waals surface area (Å²) in [5, 5.41) is 16.8. The van der Waals surface area contributed by atoms with E-state index >= 15 is 0 Å². The van der Waals surface area contributed by atoms with Gasteiger partial charge in [-0.2, -0.15) is 0 Å². The lowest BCUT2D eigenvalue weighted by atomic mass is 9.98. The zero-order chi connectivity index (χ0) is 39.6. The first-order valence-electron chi connectivity index (χ1n) is 18.9. The fourth-order valence-electron chi connectivity index (χ4n) is 6.68. The summed E-state index contributed by atoms with van der Waals surface area (Å²) in [6, 6.07) is 5.51. The van der Waals surface area contributed by atoms with Crippen LogP contribution in [0.3, 0.4) is 0 Å². The minimum atomic E-state index is -0.893. The SMILES string of the molecule is CCC(C)[C@@H]1NC(=O)c2csc(n2)[C@@H](C(C)C)NC(=O)[C@H]2N=C(O[C@@H]2C)[C@H](Cc2ccccc2)NC(=O)c2csc(n2)[C@@H](C(C)C)NC(=O)[C@H]2N=C1O[C@@H]2C. The minimum absolute atomic E-state index is 0.0762. The van der Waals surface area contributed by atoms with Gasteiger partial charge in [0.15, 0.2) is 12.1 Å². The van der Waals surface area contributed by atoms with Crippen molar-refractivity contribution in [3.05, 3.63) is 68.1 Å². The second-order valence-corrected chi connectivity index (χ2v) is 16.9. The van der Waals surface area contributed by atoms with Crippen LogP contribution in [0.4, 0.5) is 0 Å². The number of carbonyl (C=O) groups excluding carboxylic acids is 4. The van der Waals surface area contributed by atoms with E-state index < -0.39 is 60.3 Å². The van der Waals surface area contributed by atoms with Gasteiger partial charge in [0, 0.05) is 17.2 Å². The van der Waals surface area contributed by atoms with Gasteiger partial charge in [-0.1, -0.05) is 78.3 Å². The molecule has 0 aliphatic carbocycles. The number of benzene rings is 1. The molecule has 3 aliphatic rings. The number of carbonyl (C=O) groups is 4. The Kier molecular flexibility index (Phi) is 12.3. The molecule has 0 saturated carbocycles. The molecule has 4 amide bonds. The molecule has 2 aromatic heterocycles. The molecule has 4 N–H and O–H groups in total. The molecule has 0 fully saturated rings. The summed E-state index contributed by atoms with van der Waals surface area (Å²) in [5.74, 6) is -1.28. The van der Waals surface area contributed by atoms with E-state index in [-0.39, 0.29) is 52.8 Å². The Morgan fingerprint density at radius 1 is 0.673 bits per heavy atom. The molecule has 14 nitrogen and oxygen atoms in total. The van der Waals surface area contributed by atoms with Crippen LogP contribution in [0.15, 0.2) is 51.1 Å². The zero-order valence-corrected chi connectivity index (χ0v) is 34.0. The number of nitrogens with one attached hydrogen (secondary N) is 4. The Morgan fingerprint density at radius 3 is 1.67 bits per heavy atom. The van der Waals surface area contributed by atoms with Crippen LogP contribution in [0.1, 0.15) is 110 Å². The van der Waals surface area contributed by atoms with Crippen LogP contribution in [0.5, 0.6) is 0 Å². The number of hydrogen-bond acceptors (Lipinski definition) is 12. The van der Waals surface area contributed by atoms with Crippen LogP contribution in [0, 0.1) is 17.8 Å². The van der Waals surface area contributed by atoms with Crippen molar-refractivity contribution in [1.29, 1.82) is 0 Å². The van der Waals surface area contributed by atoms with Crippen LogP contribution >= 0.6 is 22.7 Å². The summed E-state index contributed by atoms with van der Waals surface area (Å²) in [6.07, 6.45) is -0.149. The van der Waals surface area contributed by atoms with Crippen LogP contribution in [-0.4, -0.2) is 81.8 Å². The van der Waals surface area contributed by atoms with Crippen molar-refractivity contribution in [1.82, 2.24) is 31.2 Å². The number of ether oxygens (including phenoxy) is 2. The highest BCUT2D eigenvalue weighted by Gasteiger charge is 2.41. The molecule has 8 bridgehead atoms. The van der Waals surface area contributed by atoms with E-state index in [0.29, 0.717) is 22.9 Å². The molecule has 1 unspecified atom stereocenters. The summed E-state index contributed by atoms with van der Waals surface area (Å²) in [4.78, 5) is 74.2. The van der Waals surface area contributed by atoms with E-state index in [9.17, 15) is 19.2 Å². The van der Waals surface area contributed by atoms with Crippen molar-refractivity contribution in [3.8, 4) is 0 Å². The molecular formula is C39H50N8O6S2. The molecule has 5 heterocycles. The van der Waals surface area contributed by atoms with Gasteiger partial charge in [-0.05, 0) is 37.2 Å². The minimum Gasteiger partial charge on any atom is -0.474 e. The third-order valence-electron chi connectivity index (χ3n) is 10.2. The van der Waals surface area contributed by atoms with Gasteiger partial charge in [0.25, 0.3) is 11.8 Å². The fraction of sp³-hybridized carbons (Fsp3) is 0.538. The number of thiazole rings is 2. The summed E-state index contributed by atoms with van der Waals surface area (Å²) in [5.41, 5.74) is 1.31. The van der Waals surface area contributed by atoms with Crippen molar-refractivity contribution in [2.24, 2.45) is 27.7 Å². The molecule has 3 aliphatic heterocycles. The highest BCUT2D eigenvalue weighted by atomic mass is 32.1. The summed E-state index contributed by atoms with van der Waals surface area (Å²) in [6.45, 7) is 15.4. The van der Waals surface area contributed by atoms with Crippen LogP contribution < -0.4 is 21.3 Å².